The summed E-state index contributed by atoms with van der Waals surface area (Å²) in [6.07, 6.45) is 3.36. The number of rotatable bonds is 5. The molecule has 16 heavy (non-hydrogen) atoms. The van der Waals surface area contributed by atoms with Crippen molar-refractivity contribution in [3.8, 4) is 0 Å². The third-order valence-electron chi connectivity index (χ3n) is 2.95. The monoisotopic (exact) mass is 225 g/mol. The minimum atomic E-state index is -0.136. The first-order chi connectivity index (χ1) is 7.46. The van der Waals surface area contributed by atoms with Crippen LogP contribution in [0.4, 0.5) is 0 Å². The summed E-state index contributed by atoms with van der Waals surface area (Å²) in [6, 6.07) is 0. The van der Waals surface area contributed by atoms with Crippen molar-refractivity contribution in [3.63, 3.8) is 0 Å². The highest BCUT2D eigenvalue weighted by Crippen LogP contribution is 2.31. The van der Waals surface area contributed by atoms with E-state index in [2.05, 4.69) is 0 Å². The molecular formula is C12H19NO3. The maximum absolute atomic E-state index is 11.9. The number of carbonyl (C=O) groups is 1. The Balaban J connectivity index is 1.97. The zero-order chi connectivity index (χ0) is 11.8. The molecule has 2 aliphatic rings. The topological polar surface area (TPSA) is 45.4 Å². The molecule has 0 aromatic rings. The Morgan fingerprint density at radius 1 is 1.25 bits per heavy atom. The number of allylic oxidation sites excluding steroid dienone is 1. The molecule has 0 radical (unpaired) electrons. The zero-order valence-corrected chi connectivity index (χ0v) is 10.2. The molecule has 0 aliphatic carbocycles. The third-order valence-corrected chi connectivity index (χ3v) is 2.95. The summed E-state index contributed by atoms with van der Waals surface area (Å²) < 4.78 is 10.7. The summed E-state index contributed by atoms with van der Waals surface area (Å²) in [7, 11) is 0. The van der Waals surface area contributed by atoms with Gasteiger partial charge in [0.05, 0.1) is 26.3 Å². The van der Waals surface area contributed by atoms with Crippen LogP contribution in [0.15, 0.2) is 12.2 Å². The average Bonchev–Trinajstić information content (AvgIpc) is 3.09. The van der Waals surface area contributed by atoms with E-state index in [1.54, 1.807) is 12.2 Å². The van der Waals surface area contributed by atoms with Crippen LogP contribution >= 0.6 is 0 Å². The normalized spacial score (nSPS) is 36.4. The van der Waals surface area contributed by atoms with Gasteiger partial charge in [-0.05, 0) is 26.8 Å². The Bertz CT molecular complexity index is 296. The molecule has 2 fully saturated rings. The molecule has 2 heterocycles. The summed E-state index contributed by atoms with van der Waals surface area (Å²) in [5.41, 5.74) is -0.273. The van der Waals surface area contributed by atoms with E-state index >= 15 is 0 Å². The molecule has 0 bridgehead atoms. The van der Waals surface area contributed by atoms with Gasteiger partial charge in [0.2, 0.25) is 5.91 Å². The van der Waals surface area contributed by atoms with Gasteiger partial charge in [0, 0.05) is 0 Å². The lowest BCUT2D eigenvalue weighted by molar-refractivity contribution is -0.127. The van der Waals surface area contributed by atoms with Gasteiger partial charge in [0.1, 0.15) is 11.2 Å². The van der Waals surface area contributed by atoms with Crippen LogP contribution in [-0.2, 0) is 14.3 Å². The van der Waals surface area contributed by atoms with Gasteiger partial charge < -0.3 is 14.4 Å². The highest BCUT2D eigenvalue weighted by Gasteiger charge is 2.46. The second-order valence-electron chi connectivity index (χ2n) is 5.17. The molecule has 2 rings (SSSR count). The Morgan fingerprint density at radius 3 is 2.00 bits per heavy atom. The van der Waals surface area contributed by atoms with E-state index in [1.165, 1.54) is 0 Å². The fraction of sp³-hybridized carbons (Fsp3) is 0.750. The van der Waals surface area contributed by atoms with Crippen LogP contribution in [0, 0.1) is 0 Å². The maximum atomic E-state index is 11.9. The van der Waals surface area contributed by atoms with E-state index < -0.39 is 0 Å². The summed E-state index contributed by atoms with van der Waals surface area (Å²) in [6.45, 7) is 8.68. The maximum Gasteiger partial charge on any atom is 0.246 e. The molecule has 0 aromatic heterocycles. The Labute approximate surface area is 96.2 Å². The molecule has 0 spiro atoms. The molecule has 2 saturated heterocycles. The van der Waals surface area contributed by atoms with E-state index in [1.807, 2.05) is 25.7 Å². The Kier molecular flexibility index (Phi) is 2.80. The molecule has 4 nitrogen and oxygen atoms in total. The van der Waals surface area contributed by atoms with E-state index in [0.717, 1.165) is 13.2 Å². The average molecular weight is 225 g/mol. The smallest absolute Gasteiger partial charge is 0.246 e. The lowest BCUT2D eigenvalue weighted by Gasteiger charge is -2.25. The van der Waals surface area contributed by atoms with Crippen LogP contribution in [-0.4, -0.2) is 48.3 Å². The van der Waals surface area contributed by atoms with Crippen LogP contribution in [0.25, 0.3) is 0 Å². The van der Waals surface area contributed by atoms with Crippen LogP contribution in [0.1, 0.15) is 20.8 Å². The standard InChI is InChI=1S/C12H19NO3/c1-4-5-10(14)13(6-11(2)8-15-11)7-12(3)9-16-12/h4-5H,6-9H2,1-3H3/b5-4+. The van der Waals surface area contributed by atoms with E-state index in [-0.39, 0.29) is 17.1 Å². The van der Waals surface area contributed by atoms with Crippen LogP contribution in [0.3, 0.4) is 0 Å². The molecule has 2 atom stereocenters. The van der Waals surface area contributed by atoms with Crippen molar-refractivity contribution < 1.29 is 14.3 Å². The first-order valence-electron chi connectivity index (χ1n) is 5.66. The molecular weight excluding hydrogens is 206 g/mol. The first-order valence-corrected chi connectivity index (χ1v) is 5.66. The highest BCUT2D eigenvalue weighted by atomic mass is 16.6. The number of hydrogen-bond donors (Lipinski definition) is 0. The Morgan fingerprint density at radius 2 is 1.69 bits per heavy atom. The summed E-state index contributed by atoms with van der Waals surface area (Å²) in [5.74, 6) is 0.0379. The van der Waals surface area contributed by atoms with Gasteiger partial charge in [0.15, 0.2) is 0 Å². The van der Waals surface area contributed by atoms with Gasteiger partial charge in [-0.15, -0.1) is 0 Å². The quantitative estimate of drug-likeness (QED) is 0.517. The van der Waals surface area contributed by atoms with Crippen LogP contribution in [0.5, 0.6) is 0 Å². The van der Waals surface area contributed by atoms with Crippen molar-refractivity contribution >= 4 is 5.91 Å². The summed E-state index contributed by atoms with van der Waals surface area (Å²) in [4.78, 5) is 13.7. The van der Waals surface area contributed by atoms with Gasteiger partial charge in [0.25, 0.3) is 0 Å². The largest absolute Gasteiger partial charge is 0.368 e. The second-order valence-corrected chi connectivity index (χ2v) is 5.17. The SMILES string of the molecule is C/C=C/C(=O)N(CC1(C)CO1)CC1(C)CO1. The van der Waals surface area contributed by atoms with Crippen molar-refractivity contribution in [2.45, 2.75) is 32.0 Å². The Hall–Kier alpha value is -0.870. The van der Waals surface area contributed by atoms with Crippen molar-refractivity contribution in [2.75, 3.05) is 26.3 Å². The molecule has 4 heteroatoms. The number of ether oxygens (including phenoxy) is 2. The van der Waals surface area contributed by atoms with Crippen molar-refractivity contribution in [1.29, 1.82) is 0 Å². The van der Waals surface area contributed by atoms with Crippen molar-refractivity contribution in [1.82, 2.24) is 4.90 Å². The van der Waals surface area contributed by atoms with Gasteiger partial charge in [-0.25, -0.2) is 0 Å². The number of epoxide rings is 2. The molecule has 0 aromatic carbocycles. The fourth-order valence-corrected chi connectivity index (χ4v) is 1.70. The highest BCUT2D eigenvalue weighted by molar-refractivity contribution is 5.87. The van der Waals surface area contributed by atoms with E-state index in [4.69, 9.17) is 9.47 Å². The van der Waals surface area contributed by atoms with Gasteiger partial charge >= 0.3 is 0 Å². The predicted molar refractivity (Wildman–Crippen MR) is 60.1 cm³/mol. The van der Waals surface area contributed by atoms with Crippen molar-refractivity contribution in [2.24, 2.45) is 0 Å². The molecule has 90 valence electrons. The molecule has 2 aliphatic heterocycles. The minimum absolute atomic E-state index is 0.0379. The van der Waals surface area contributed by atoms with Gasteiger partial charge in [-0.2, -0.15) is 0 Å². The number of carbonyl (C=O) groups excluding carboxylic acids is 1. The fourth-order valence-electron chi connectivity index (χ4n) is 1.70. The number of amides is 1. The number of nitrogens with zero attached hydrogens (tertiary/aromatic N) is 1. The zero-order valence-electron chi connectivity index (χ0n) is 10.2. The lowest BCUT2D eigenvalue weighted by atomic mass is 10.1. The van der Waals surface area contributed by atoms with Gasteiger partial charge in [-0.3, -0.25) is 4.79 Å². The van der Waals surface area contributed by atoms with E-state index in [0.29, 0.717) is 13.1 Å². The third kappa shape index (κ3) is 2.83. The summed E-state index contributed by atoms with van der Waals surface area (Å²) in [5, 5.41) is 0. The number of hydrogen-bond acceptors (Lipinski definition) is 3. The van der Waals surface area contributed by atoms with Crippen LogP contribution in [0.2, 0.25) is 0 Å². The molecule has 0 N–H and O–H groups in total. The summed E-state index contributed by atoms with van der Waals surface area (Å²) >= 11 is 0. The second kappa shape index (κ2) is 3.86. The van der Waals surface area contributed by atoms with Gasteiger partial charge in [-0.1, -0.05) is 6.08 Å². The predicted octanol–water partition coefficient (Wildman–Crippen LogP) is 0.969. The first kappa shape index (κ1) is 11.6. The van der Waals surface area contributed by atoms with E-state index in [9.17, 15) is 4.79 Å². The van der Waals surface area contributed by atoms with Crippen molar-refractivity contribution in [3.05, 3.63) is 12.2 Å². The molecule has 2 unspecified atom stereocenters. The molecule has 0 saturated carbocycles. The lowest BCUT2D eigenvalue weighted by Crippen LogP contribution is -2.42. The van der Waals surface area contributed by atoms with Crippen LogP contribution < -0.4 is 0 Å². The molecule has 1 amide bonds. The minimum Gasteiger partial charge on any atom is -0.368 e.